The molecule has 2 aliphatic heterocycles. The van der Waals surface area contributed by atoms with Gasteiger partial charge in [-0.15, -0.1) is 0 Å². The van der Waals surface area contributed by atoms with E-state index >= 15 is 0 Å². The Morgan fingerprint density at radius 3 is 2.76 bits per heavy atom. The van der Waals surface area contributed by atoms with E-state index in [0.29, 0.717) is 12.1 Å². The van der Waals surface area contributed by atoms with Gasteiger partial charge in [-0.05, 0) is 48.6 Å². The quantitative estimate of drug-likeness (QED) is 0.278. The number of hydrogen-bond acceptors (Lipinski definition) is 7. The molecule has 196 valence electrons. The SMILES string of the molecule is CC1=CC(c2cccc([N+](=O)[O-])c2)C(C(=O)OCCN2CCc3ccccc3C2)C(C)(c2cccnc2)N1. The summed E-state index contributed by atoms with van der Waals surface area (Å²) in [7, 11) is 0. The number of pyridine rings is 1. The van der Waals surface area contributed by atoms with Gasteiger partial charge in [-0.1, -0.05) is 48.5 Å². The summed E-state index contributed by atoms with van der Waals surface area (Å²) < 4.78 is 5.95. The summed E-state index contributed by atoms with van der Waals surface area (Å²) in [4.78, 5) is 31.6. The molecule has 0 saturated carbocycles. The lowest BCUT2D eigenvalue weighted by Crippen LogP contribution is -2.53. The summed E-state index contributed by atoms with van der Waals surface area (Å²) in [5.74, 6) is -1.43. The molecule has 0 spiro atoms. The molecule has 8 nitrogen and oxygen atoms in total. The second-order valence-electron chi connectivity index (χ2n) is 10.2. The van der Waals surface area contributed by atoms with Gasteiger partial charge in [0, 0.05) is 55.8 Å². The van der Waals surface area contributed by atoms with E-state index in [9.17, 15) is 14.9 Å². The first kappa shape index (κ1) is 25.6. The van der Waals surface area contributed by atoms with E-state index in [-0.39, 0.29) is 18.3 Å². The van der Waals surface area contributed by atoms with Crippen molar-refractivity contribution in [2.24, 2.45) is 5.92 Å². The van der Waals surface area contributed by atoms with Gasteiger partial charge in [0.15, 0.2) is 0 Å². The first-order chi connectivity index (χ1) is 18.3. The molecular formula is C30H32N4O4. The number of nitro benzene ring substituents is 1. The van der Waals surface area contributed by atoms with Crippen LogP contribution >= 0.6 is 0 Å². The van der Waals surface area contributed by atoms with Gasteiger partial charge in [0.25, 0.3) is 5.69 Å². The molecule has 8 heteroatoms. The predicted molar refractivity (Wildman–Crippen MR) is 144 cm³/mol. The van der Waals surface area contributed by atoms with Crippen LogP contribution in [-0.2, 0) is 28.0 Å². The average Bonchev–Trinajstić information content (AvgIpc) is 2.93. The minimum atomic E-state index is -0.830. The topological polar surface area (TPSA) is 97.6 Å². The van der Waals surface area contributed by atoms with Crippen molar-refractivity contribution in [3.8, 4) is 0 Å². The van der Waals surface area contributed by atoms with E-state index in [0.717, 1.165) is 30.8 Å². The monoisotopic (exact) mass is 512 g/mol. The number of nitro groups is 1. The van der Waals surface area contributed by atoms with Gasteiger partial charge >= 0.3 is 5.97 Å². The first-order valence-electron chi connectivity index (χ1n) is 12.9. The normalized spacial score (nSPS) is 23.1. The lowest BCUT2D eigenvalue weighted by atomic mass is 9.68. The highest BCUT2D eigenvalue weighted by atomic mass is 16.6. The van der Waals surface area contributed by atoms with Crippen LogP contribution in [0.3, 0.4) is 0 Å². The average molecular weight is 513 g/mol. The number of carbonyl (C=O) groups is 1. The van der Waals surface area contributed by atoms with E-state index in [1.165, 1.54) is 17.2 Å². The Labute approximate surface area is 222 Å². The zero-order chi connectivity index (χ0) is 26.7. The van der Waals surface area contributed by atoms with Gasteiger partial charge in [0.1, 0.15) is 6.61 Å². The molecule has 0 radical (unpaired) electrons. The molecule has 0 aliphatic carbocycles. The maximum absolute atomic E-state index is 13.9. The lowest BCUT2D eigenvalue weighted by molar-refractivity contribution is -0.384. The molecular weight excluding hydrogens is 480 g/mol. The summed E-state index contributed by atoms with van der Waals surface area (Å²) in [5, 5.41) is 15.0. The lowest BCUT2D eigenvalue weighted by Gasteiger charge is -2.45. The van der Waals surface area contributed by atoms with Crippen LogP contribution in [-0.4, -0.2) is 40.5 Å². The Hall–Kier alpha value is -4.04. The van der Waals surface area contributed by atoms with Gasteiger partial charge in [0.05, 0.1) is 16.4 Å². The number of benzene rings is 2. The Bertz CT molecular complexity index is 1360. The maximum Gasteiger partial charge on any atom is 0.312 e. The van der Waals surface area contributed by atoms with Crippen LogP contribution in [0.25, 0.3) is 0 Å². The van der Waals surface area contributed by atoms with Crippen LogP contribution in [0.1, 0.15) is 42.0 Å². The van der Waals surface area contributed by atoms with E-state index in [1.54, 1.807) is 24.5 Å². The zero-order valence-electron chi connectivity index (χ0n) is 21.7. The fourth-order valence-electron chi connectivity index (χ4n) is 5.80. The third-order valence-electron chi connectivity index (χ3n) is 7.71. The molecule has 38 heavy (non-hydrogen) atoms. The summed E-state index contributed by atoms with van der Waals surface area (Å²) in [6.07, 6.45) is 6.39. The van der Waals surface area contributed by atoms with E-state index in [4.69, 9.17) is 4.74 Å². The molecule has 3 atom stereocenters. The predicted octanol–water partition coefficient (Wildman–Crippen LogP) is 4.71. The fraction of sp³-hybridized carbons (Fsp3) is 0.333. The number of nitrogens with one attached hydrogen (secondary N) is 1. The molecule has 1 N–H and O–H groups in total. The Morgan fingerprint density at radius 2 is 2.00 bits per heavy atom. The van der Waals surface area contributed by atoms with Crippen molar-refractivity contribution in [3.05, 3.63) is 117 Å². The standard InChI is InChI=1S/C30H32N4O4/c1-21-17-27(23-9-5-11-26(18-23)34(36)37)28(30(2,32-21)25-10-6-13-31-19-25)29(35)38-16-15-33-14-12-22-7-3-4-8-24(22)20-33/h3-11,13,17-19,27-28,32H,12,14-16,20H2,1-2H3. The number of allylic oxidation sites excluding steroid dienone is 2. The van der Waals surface area contributed by atoms with Crippen molar-refractivity contribution in [2.45, 2.75) is 38.3 Å². The van der Waals surface area contributed by atoms with Gasteiger partial charge in [-0.3, -0.25) is 24.8 Å². The minimum Gasteiger partial charge on any atom is -0.464 e. The number of esters is 1. The zero-order valence-corrected chi connectivity index (χ0v) is 21.7. The van der Waals surface area contributed by atoms with E-state index in [2.05, 4.69) is 39.5 Å². The number of aromatic nitrogens is 1. The number of fused-ring (bicyclic) bond motifs is 1. The van der Waals surface area contributed by atoms with Crippen molar-refractivity contribution in [3.63, 3.8) is 0 Å². The molecule has 0 bridgehead atoms. The van der Waals surface area contributed by atoms with Crippen LogP contribution in [0, 0.1) is 16.0 Å². The van der Waals surface area contributed by atoms with Crippen LogP contribution < -0.4 is 5.32 Å². The number of rotatable bonds is 7. The number of ether oxygens (including phenoxy) is 1. The Kier molecular flexibility index (Phi) is 7.24. The highest BCUT2D eigenvalue weighted by molar-refractivity contribution is 5.77. The molecule has 2 aromatic carbocycles. The molecule has 3 heterocycles. The van der Waals surface area contributed by atoms with Crippen molar-refractivity contribution in [2.75, 3.05) is 19.7 Å². The minimum absolute atomic E-state index is 0.00679. The van der Waals surface area contributed by atoms with Gasteiger partial charge in [-0.2, -0.15) is 0 Å². The number of nitrogens with zero attached hydrogens (tertiary/aromatic N) is 3. The smallest absolute Gasteiger partial charge is 0.312 e. The van der Waals surface area contributed by atoms with Crippen LogP contribution in [0.5, 0.6) is 0 Å². The fourth-order valence-corrected chi connectivity index (χ4v) is 5.80. The molecule has 3 unspecified atom stereocenters. The molecule has 3 aromatic rings. The van der Waals surface area contributed by atoms with Crippen molar-refractivity contribution in [1.82, 2.24) is 15.2 Å². The summed E-state index contributed by atoms with van der Waals surface area (Å²) >= 11 is 0. The number of hydrogen-bond donors (Lipinski definition) is 1. The largest absolute Gasteiger partial charge is 0.464 e. The summed E-state index contributed by atoms with van der Waals surface area (Å²) in [6.45, 7) is 6.58. The summed E-state index contributed by atoms with van der Waals surface area (Å²) in [6, 6.07) is 18.7. The highest BCUT2D eigenvalue weighted by Crippen LogP contribution is 2.45. The molecule has 0 saturated heterocycles. The highest BCUT2D eigenvalue weighted by Gasteiger charge is 2.49. The number of non-ortho nitro benzene ring substituents is 1. The van der Waals surface area contributed by atoms with E-state index < -0.39 is 22.3 Å². The second-order valence-corrected chi connectivity index (χ2v) is 10.2. The Morgan fingerprint density at radius 1 is 1.18 bits per heavy atom. The maximum atomic E-state index is 13.9. The van der Waals surface area contributed by atoms with E-state index in [1.807, 2.05) is 38.1 Å². The molecule has 2 aliphatic rings. The third kappa shape index (κ3) is 5.17. The van der Waals surface area contributed by atoms with Gasteiger partial charge < -0.3 is 10.1 Å². The third-order valence-corrected chi connectivity index (χ3v) is 7.71. The van der Waals surface area contributed by atoms with Crippen LogP contribution in [0.2, 0.25) is 0 Å². The van der Waals surface area contributed by atoms with Crippen molar-refractivity contribution < 1.29 is 14.5 Å². The van der Waals surface area contributed by atoms with Crippen molar-refractivity contribution in [1.29, 1.82) is 0 Å². The van der Waals surface area contributed by atoms with Gasteiger partial charge in [-0.25, -0.2) is 0 Å². The van der Waals surface area contributed by atoms with Crippen molar-refractivity contribution >= 4 is 11.7 Å². The molecule has 0 amide bonds. The van der Waals surface area contributed by atoms with Crippen LogP contribution in [0.15, 0.2) is 84.8 Å². The number of carbonyl (C=O) groups excluding carboxylic acids is 1. The molecule has 1 aromatic heterocycles. The Balaban J connectivity index is 1.40. The first-order valence-corrected chi connectivity index (χ1v) is 12.9. The van der Waals surface area contributed by atoms with Crippen LogP contribution in [0.4, 0.5) is 5.69 Å². The second kappa shape index (κ2) is 10.8. The van der Waals surface area contributed by atoms with Gasteiger partial charge in [0.2, 0.25) is 0 Å². The molecule has 0 fully saturated rings. The summed E-state index contributed by atoms with van der Waals surface area (Å²) in [5.41, 5.74) is 4.28. The molecule has 5 rings (SSSR count).